The molecule has 0 bridgehead atoms. The molecule has 2 aromatic heterocycles. The number of rotatable bonds is 3. The van der Waals surface area contributed by atoms with Gasteiger partial charge in [-0.1, -0.05) is 48.0 Å². The van der Waals surface area contributed by atoms with Gasteiger partial charge in [0.25, 0.3) is 5.56 Å². The number of aromatic nitrogens is 2. The van der Waals surface area contributed by atoms with E-state index in [1.165, 1.54) is 23.5 Å². The van der Waals surface area contributed by atoms with E-state index in [9.17, 15) is 13.6 Å². The predicted molar refractivity (Wildman–Crippen MR) is 110 cm³/mol. The monoisotopic (exact) mass is 414 g/mol. The van der Waals surface area contributed by atoms with Crippen LogP contribution in [0.5, 0.6) is 0 Å². The fraction of sp³-hybridized carbons (Fsp3) is 0.0476. The van der Waals surface area contributed by atoms with Crippen molar-refractivity contribution in [1.29, 1.82) is 0 Å². The molecule has 1 N–H and O–H groups in total. The zero-order chi connectivity index (χ0) is 19.8. The number of nitrogens with one attached hydrogen (secondary N) is 1. The van der Waals surface area contributed by atoms with E-state index in [-0.39, 0.29) is 16.4 Å². The molecule has 0 aliphatic rings. The zero-order valence-corrected chi connectivity index (χ0v) is 16.2. The van der Waals surface area contributed by atoms with Gasteiger partial charge in [-0.15, -0.1) is 11.3 Å². The van der Waals surface area contributed by atoms with Crippen LogP contribution < -0.4 is 5.56 Å². The fourth-order valence-electron chi connectivity index (χ4n) is 3.00. The van der Waals surface area contributed by atoms with Gasteiger partial charge in [0, 0.05) is 10.4 Å². The van der Waals surface area contributed by atoms with E-state index in [0.29, 0.717) is 15.8 Å². The summed E-state index contributed by atoms with van der Waals surface area (Å²) in [6, 6.07) is 13.1. The Bertz CT molecular complexity index is 1280. The van der Waals surface area contributed by atoms with Crippen LogP contribution in [0.2, 0.25) is 0 Å². The lowest BCUT2D eigenvalue weighted by atomic mass is 10.0. The molecule has 0 aliphatic heterocycles. The molecule has 140 valence electrons. The van der Waals surface area contributed by atoms with Gasteiger partial charge in [-0.3, -0.25) is 4.79 Å². The van der Waals surface area contributed by atoms with Crippen molar-refractivity contribution in [2.75, 3.05) is 0 Å². The summed E-state index contributed by atoms with van der Waals surface area (Å²) in [5.74, 6) is -1.75. The van der Waals surface area contributed by atoms with Gasteiger partial charge in [0.1, 0.15) is 4.83 Å². The normalized spacial score (nSPS) is 11.9. The third kappa shape index (κ3) is 3.37. The van der Waals surface area contributed by atoms with Crippen LogP contribution in [-0.4, -0.2) is 9.97 Å². The van der Waals surface area contributed by atoms with Crippen LogP contribution in [-0.2, 0) is 0 Å². The summed E-state index contributed by atoms with van der Waals surface area (Å²) >= 11 is 7.69. The molecular weight excluding hydrogens is 402 g/mol. The second kappa shape index (κ2) is 7.30. The highest BCUT2D eigenvalue weighted by molar-refractivity contribution is 7.19. The standard InChI is InChI=1S/C21H13ClF2N2OS/c1-11-17(13-5-3-2-4-6-13)18-20(27)25-19(26-21(18)28-11)14(22)9-12-7-8-15(23)16(24)10-12/h2-10H,1H3,(H,25,26,27)/b14-9-. The van der Waals surface area contributed by atoms with E-state index in [1.54, 1.807) is 0 Å². The van der Waals surface area contributed by atoms with E-state index in [0.717, 1.165) is 28.1 Å². The summed E-state index contributed by atoms with van der Waals surface area (Å²) < 4.78 is 26.5. The fourth-order valence-corrected chi connectivity index (χ4v) is 4.26. The molecule has 0 saturated heterocycles. The first kappa shape index (κ1) is 18.5. The number of nitrogens with zero attached hydrogens (tertiary/aromatic N) is 1. The van der Waals surface area contributed by atoms with Crippen molar-refractivity contribution in [1.82, 2.24) is 9.97 Å². The maximum Gasteiger partial charge on any atom is 0.260 e. The van der Waals surface area contributed by atoms with Crippen LogP contribution in [0, 0.1) is 18.6 Å². The molecule has 2 heterocycles. The van der Waals surface area contributed by atoms with Crippen molar-refractivity contribution in [3.8, 4) is 11.1 Å². The molecule has 4 rings (SSSR count). The topological polar surface area (TPSA) is 45.8 Å². The quantitative estimate of drug-likeness (QED) is 0.448. The van der Waals surface area contributed by atoms with Crippen LogP contribution in [0.15, 0.2) is 53.3 Å². The van der Waals surface area contributed by atoms with E-state index in [1.807, 2.05) is 37.3 Å². The minimum absolute atomic E-state index is 0.123. The van der Waals surface area contributed by atoms with Crippen molar-refractivity contribution in [2.24, 2.45) is 0 Å². The van der Waals surface area contributed by atoms with Gasteiger partial charge >= 0.3 is 0 Å². The number of aryl methyl sites for hydroxylation is 1. The average molecular weight is 415 g/mol. The number of benzene rings is 2. The van der Waals surface area contributed by atoms with Gasteiger partial charge in [0.05, 0.1) is 10.4 Å². The summed E-state index contributed by atoms with van der Waals surface area (Å²) in [6.45, 7) is 1.94. The number of fused-ring (bicyclic) bond motifs is 1. The first-order valence-electron chi connectivity index (χ1n) is 8.35. The molecule has 0 unspecified atom stereocenters. The third-order valence-corrected chi connectivity index (χ3v) is 5.55. The third-order valence-electron chi connectivity index (χ3n) is 4.26. The molecule has 28 heavy (non-hydrogen) atoms. The van der Waals surface area contributed by atoms with E-state index >= 15 is 0 Å². The van der Waals surface area contributed by atoms with E-state index in [4.69, 9.17) is 11.6 Å². The second-order valence-electron chi connectivity index (χ2n) is 6.16. The van der Waals surface area contributed by atoms with Gasteiger partial charge < -0.3 is 4.98 Å². The summed E-state index contributed by atoms with van der Waals surface area (Å²) in [5, 5.41) is 0.632. The van der Waals surface area contributed by atoms with Crippen molar-refractivity contribution in [2.45, 2.75) is 6.92 Å². The van der Waals surface area contributed by atoms with Crippen LogP contribution in [0.25, 0.3) is 32.5 Å². The Morgan fingerprint density at radius 3 is 2.61 bits per heavy atom. The molecule has 3 nitrogen and oxygen atoms in total. The first-order valence-corrected chi connectivity index (χ1v) is 9.55. The highest BCUT2D eigenvalue weighted by atomic mass is 35.5. The number of H-pyrrole nitrogens is 1. The summed E-state index contributed by atoms with van der Waals surface area (Å²) in [5.41, 5.74) is 1.84. The maximum atomic E-state index is 13.4. The van der Waals surface area contributed by atoms with Crippen molar-refractivity contribution >= 4 is 44.3 Å². The molecule has 2 aromatic carbocycles. The van der Waals surface area contributed by atoms with E-state index in [2.05, 4.69) is 9.97 Å². The van der Waals surface area contributed by atoms with Crippen LogP contribution in [0.3, 0.4) is 0 Å². The van der Waals surface area contributed by atoms with Crippen molar-refractivity contribution in [3.05, 3.63) is 86.8 Å². The van der Waals surface area contributed by atoms with Crippen LogP contribution in [0.4, 0.5) is 8.78 Å². The highest BCUT2D eigenvalue weighted by Crippen LogP contribution is 2.36. The summed E-state index contributed by atoms with van der Waals surface area (Å²) in [4.78, 5) is 21.5. The lowest BCUT2D eigenvalue weighted by Gasteiger charge is -2.03. The van der Waals surface area contributed by atoms with E-state index < -0.39 is 11.6 Å². The van der Waals surface area contributed by atoms with Gasteiger partial charge in [-0.2, -0.15) is 0 Å². The van der Waals surface area contributed by atoms with Gasteiger partial charge in [0.15, 0.2) is 17.5 Å². The number of thiophene rings is 1. The lowest BCUT2D eigenvalue weighted by Crippen LogP contribution is -2.10. The van der Waals surface area contributed by atoms with Gasteiger partial charge in [-0.05, 0) is 36.3 Å². The Hall–Kier alpha value is -2.83. The molecule has 0 aliphatic carbocycles. The molecule has 0 amide bonds. The molecule has 0 radical (unpaired) electrons. The minimum Gasteiger partial charge on any atom is -0.305 e. The lowest BCUT2D eigenvalue weighted by molar-refractivity contribution is 0.508. The molecule has 4 aromatic rings. The number of aromatic amines is 1. The Morgan fingerprint density at radius 1 is 1.14 bits per heavy atom. The predicted octanol–water partition coefficient (Wildman–Crippen LogP) is 5.98. The molecule has 7 heteroatoms. The molecule has 0 fully saturated rings. The zero-order valence-electron chi connectivity index (χ0n) is 14.6. The summed E-state index contributed by atoms with van der Waals surface area (Å²) in [6.07, 6.45) is 1.42. The molecular formula is C21H13ClF2N2OS. The van der Waals surface area contributed by atoms with Crippen molar-refractivity contribution < 1.29 is 8.78 Å². The smallest absolute Gasteiger partial charge is 0.260 e. The Balaban J connectivity index is 1.83. The number of hydrogen-bond acceptors (Lipinski definition) is 3. The maximum absolute atomic E-state index is 13.4. The SMILES string of the molecule is Cc1sc2nc(/C(Cl)=C/c3ccc(F)c(F)c3)[nH]c(=O)c2c1-c1ccccc1. The molecule has 0 saturated carbocycles. The Labute approximate surface area is 168 Å². The van der Waals surface area contributed by atoms with Crippen molar-refractivity contribution in [3.63, 3.8) is 0 Å². The Kier molecular flexibility index (Phi) is 4.83. The Morgan fingerprint density at radius 2 is 1.89 bits per heavy atom. The second-order valence-corrected chi connectivity index (χ2v) is 7.77. The van der Waals surface area contributed by atoms with Crippen LogP contribution >= 0.6 is 22.9 Å². The first-order chi connectivity index (χ1) is 13.4. The largest absolute Gasteiger partial charge is 0.305 e. The number of halogens is 3. The highest BCUT2D eigenvalue weighted by Gasteiger charge is 2.17. The average Bonchev–Trinajstić information content (AvgIpc) is 3.02. The van der Waals surface area contributed by atoms with Gasteiger partial charge in [-0.25, -0.2) is 13.8 Å². The molecule has 0 spiro atoms. The number of hydrogen-bond donors (Lipinski definition) is 1. The summed E-state index contributed by atoms with van der Waals surface area (Å²) in [7, 11) is 0. The van der Waals surface area contributed by atoms with Crippen LogP contribution in [0.1, 0.15) is 16.3 Å². The molecule has 0 atom stereocenters. The van der Waals surface area contributed by atoms with Gasteiger partial charge in [0.2, 0.25) is 0 Å². The minimum atomic E-state index is -0.975.